The predicted octanol–water partition coefficient (Wildman–Crippen LogP) is 2.88. The van der Waals surface area contributed by atoms with Crippen LogP contribution < -0.4 is 10.0 Å². The van der Waals surface area contributed by atoms with Crippen LogP contribution >= 0.6 is 11.6 Å². The molecule has 0 fully saturated rings. The van der Waals surface area contributed by atoms with Crippen molar-refractivity contribution in [3.8, 4) is 0 Å². The molecule has 0 atom stereocenters. The number of amides is 1. The van der Waals surface area contributed by atoms with Gasteiger partial charge in [-0.3, -0.25) is 4.79 Å². The SMILES string of the molecule is CCNC(=O)c1ccc(CNS(=O)(=O)c2ccc(Cl)cc2C)cc1. The number of carbonyl (C=O) groups is 1. The Morgan fingerprint density at radius 1 is 1.12 bits per heavy atom. The van der Waals surface area contributed by atoms with Crippen LogP contribution in [0.1, 0.15) is 28.4 Å². The lowest BCUT2D eigenvalue weighted by Gasteiger charge is -2.10. The molecular weight excluding hydrogens is 348 g/mol. The highest BCUT2D eigenvalue weighted by Crippen LogP contribution is 2.19. The molecule has 0 heterocycles. The zero-order chi connectivity index (χ0) is 17.7. The highest BCUT2D eigenvalue weighted by molar-refractivity contribution is 7.89. The normalized spacial score (nSPS) is 11.3. The van der Waals surface area contributed by atoms with Crippen LogP contribution in [0.15, 0.2) is 47.4 Å². The van der Waals surface area contributed by atoms with Gasteiger partial charge in [-0.1, -0.05) is 23.7 Å². The fraction of sp³-hybridized carbons (Fsp3) is 0.235. The zero-order valence-corrected chi connectivity index (χ0v) is 15.0. The Morgan fingerprint density at radius 3 is 2.38 bits per heavy atom. The summed E-state index contributed by atoms with van der Waals surface area (Å²) in [6.07, 6.45) is 0. The molecule has 0 bridgehead atoms. The molecule has 1 amide bonds. The number of halogens is 1. The van der Waals surface area contributed by atoms with Crippen molar-refractivity contribution in [2.75, 3.05) is 6.54 Å². The number of hydrogen-bond donors (Lipinski definition) is 2. The molecule has 128 valence electrons. The first kappa shape index (κ1) is 18.4. The summed E-state index contributed by atoms with van der Waals surface area (Å²) in [5.41, 5.74) is 1.89. The minimum absolute atomic E-state index is 0.139. The van der Waals surface area contributed by atoms with Crippen molar-refractivity contribution in [3.63, 3.8) is 0 Å². The van der Waals surface area contributed by atoms with Crippen LogP contribution in [0.25, 0.3) is 0 Å². The molecule has 0 unspecified atom stereocenters. The van der Waals surface area contributed by atoms with E-state index in [1.807, 2.05) is 6.92 Å². The van der Waals surface area contributed by atoms with Gasteiger partial charge in [-0.05, 0) is 55.3 Å². The van der Waals surface area contributed by atoms with E-state index in [1.54, 1.807) is 43.3 Å². The Balaban J connectivity index is 2.08. The van der Waals surface area contributed by atoms with Gasteiger partial charge in [0.1, 0.15) is 0 Å². The van der Waals surface area contributed by atoms with Crippen molar-refractivity contribution < 1.29 is 13.2 Å². The molecule has 0 spiro atoms. The monoisotopic (exact) mass is 366 g/mol. The fourth-order valence-corrected chi connectivity index (χ4v) is 3.68. The summed E-state index contributed by atoms with van der Waals surface area (Å²) < 4.78 is 27.3. The van der Waals surface area contributed by atoms with Gasteiger partial charge in [0.05, 0.1) is 4.90 Å². The van der Waals surface area contributed by atoms with Gasteiger partial charge >= 0.3 is 0 Å². The second-order valence-electron chi connectivity index (χ2n) is 5.29. The van der Waals surface area contributed by atoms with Crippen LogP contribution in [0.5, 0.6) is 0 Å². The number of aryl methyl sites for hydroxylation is 1. The molecule has 0 saturated carbocycles. The fourth-order valence-electron chi connectivity index (χ4n) is 2.21. The molecule has 2 aromatic carbocycles. The van der Waals surface area contributed by atoms with Gasteiger partial charge in [0.15, 0.2) is 0 Å². The van der Waals surface area contributed by atoms with E-state index in [-0.39, 0.29) is 17.3 Å². The Hall–Kier alpha value is -1.89. The van der Waals surface area contributed by atoms with E-state index >= 15 is 0 Å². The number of hydrogen-bond acceptors (Lipinski definition) is 3. The first-order chi connectivity index (χ1) is 11.3. The van der Waals surface area contributed by atoms with E-state index in [2.05, 4.69) is 10.0 Å². The quantitative estimate of drug-likeness (QED) is 0.825. The zero-order valence-electron chi connectivity index (χ0n) is 13.5. The minimum Gasteiger partial charge on any atom is -0.352 e. The molecule has 0 saturated heterocycles. The number of benzene rings is 2. The Bertz CT molecular complexity index is 833. The lowest BCUT2D eigenvalue weighted by atomic mass is 10.1. The second-order valence-corrected chi connectivity index (χ2v) is 7.46. The number of carbonyl (C=O) groups excluding carboxylic acids is 1. The van der Waals surface area contributed by atoms with E-state index in [0.29, 0.717) is 22.7 Å². The number of sulfonamides is 1. The van der Waals surface area contributed by atoms with Crippen molar-refractivity contribution in [1.29, 1.82) is 0 Å². The summed E-state index contributed by atoms with van der Waals surface area (Å²) in [6.45, 7) is 4.24. The third-order valence-electron chi connectivity index (χ3n) is 3.45. The van der Waals surface area contributed by atoms with Gasteiger partial charge in [-0.2, -0.15) is 0 Å². The maximum Gasteiger partial charge on any atom is 0.251 e. The topological polar surface area (TPSA) is 75.3 Å². The van der Waals surface area contributed by atoms with Gasteiger partial charge in [-0.25, -0.2) is 13.1 Å². The molecule has 7 heteroatoms. The van der Waals surface area contributed by atoms with Gasteiger partial charge in [-0.15, -0.1) is 0 Å². The molecule has 2 aromatic rings. The molecule has 0 aliphatic heterocycles. The second kappa shape index (κ2) is 7.79. The van der Waals surface area contributed by atoms with Crippen LogP contribution in [0.4, 0.5) is 0 Å². The summed E-state index contributed by atoms with van der Waals surface area (Å²) in [4.78, 5) is 11.9. The molecule has 2 rings (SSSR count). The highest BCUT2D eigenvalue weighted by atomic mass is 35.5. The molecule has 0 aliphatic rings. The van der Waals surface area contributed by atoms with Crippen molar-refractivity contribution in [2.24, 2.45) is 0 Å². The van der Waals surface area contributed by atoms with Crippen LogP contribution in [0, 0.1) is 6.92 Å². The Kier molecular flexibility index (Phi) is 5.99. The first-order valence-corrected chi connectivity index (χ1v) is 9.32. The minimum atomic E-state index is -3.63. The average molecular weight is 367 g/mol. The highest BCUT2D eigenvalue weighted by Gasteiger charge is 2.16. The summed E-state index contributed by atoms with van der Waals surface area (Å²) in [5, 5.41) is 3.20. The summed E-state index contributed by atoms with van der Waals surface area (Å²) in [5.74, 6) is -0.151. The third-order valence-corrected chi connectivity index (χ3v) is 5.24. The van der Waals surface area contributed by atoms with Gasteiger partial charge in [0.25, 0.3) is 5.91 Å². The van der Waals surface area contributed by atoms with Crippen LogP contribution in [0.3, 0.4) is 0 Å². The van der Waals surface area contributed by atoms with Crippen molar-refractivity contribution >= 4 is 27.5 Å². The summed E-state index contributed by atoms with van der Waals surface area (Å²) in [6, 6.07) is 11.4. The third kappa shape index (κ3) is 4.56. The first-order valence-electron chi connectivity index (χ1n) is 7.46. The van der Waals surface area contributed by atoms with E-state index in [0.717, 1.165) is 5.56 Å². The molecule has 0 aromatic heterocycles. The number of nitrogens with one attached hydrogen (secondary N) is 2. The van der Waals surface area contributed by atoms with E-state index < -0.39 is 10.0 Å². The van der Waals surface area contributed by atoms with E-state index in [1.165, 1.54) is 6.07 Å². The molecular formula is C17H19ClN2O3S. The van der Waals surface area contributed by atoms with Crippen LogP contribution in [-0.2, 0) is 16.6 Å². The molecule has 2 N–H and O–H groups in total. The maximum absolute atomic E-state index is 12.4. The molecule has 0 aliphatic carbocycles. The van der Waals surface area contributed by atoms with E-state index in [4.69, 9.17) is 11.6 Å². The predicted molar refractivity (Wildman–Crippen MR) is 94.7 cm³/mol. The van der Waals surface area contributed by atoms with E-state index in [9.17, 15) is 13.2 Å². The van der Waals surface area contributed by atoms with Gasteiger partial charge < -0.3 is 5.32 Å². The van der Waals surface area contributed by atoms with Gasteiger partial charge in [0, 0.05) is 23.7 Å². The number of rotatable bonds is 6. The maximum atomic E-state index is 12.4. The van der Waals surface area contributed by atoms with Crippen molar-refractivity contribution in [1.82, 2.24) is 10.0 Å². The Morgan fingerprint density at radius 2 is 1.79 bits per heavy atom. The summed E-state index contributed by atoms with van der Waals surface area (Å²) >= 11 is 5.85. The molecule has 0 radical (unpaired) electrons. The summed E-state index contributed by atoms with van der Waals surface area (Å²) in [7, 11) is -3.63. The average Bonchev–Trinajstić information content (AvgIpc) is 2.53. The standard InChI is InChI=1S/C17H19ClN2O3S/c1-3-19-17(21)14-6-4-13(5-7-14)11-20-24(22,23)16-9-8-15(18)10-12(16)2/h4-10,20H,3,11H2,1-2H3,(H,19,21). The van der Waals surface area contributed by atoms with Crippen LogP contribution in [-0.4, -0.2) is 20.9 Å². The van der Waals surface area contributed by atoms with Crippen LogP contribution in [0.2, 0.25) is 5.02 Å². The molecule has 24 heavy (non-hydrogen) atoms. The largest absolute Gasteiger partial charge is 0.352 e. The lowest BCUT2D eigenvalue weighted by molar-refractivity contribution is 0.0956. The Labute approximate surface area is 147 Å². The lowest BCUT2D eigenvalue weighted by Crippen LogP contribution is -2.24. The van der Waals surface area contributed by atoms with Crippen molar-refractivity contribution in [3.05, 3.63) is 64.2 Å². The van der Waals surface area contributed by atoms with Crippen molar-refractivity contribution in [2.45, 2.75) is 25.3 Å². The molecule has 5 nitrogen and oxygen atoms in total. The van der Waals surface area contributed by atoms with Gasteiger partial charge in [0.2, 0.25) is 10.0 Å². The smallest absolute Gasteiger partial charge is 0.251 e.